The Morgan fingerprint density at radius 3 is 0.931 bits per heavy atom. The molecule has 0 bridgehead atoms. The van der Waals surface area contributed by atoms with E-state index in [-0.39, 0.29) is 39.4 Å². The van der Waals surface area contributed by atoms with Gasteiger partial charge >= 0.3 is 53.9 Å². The topological polar surface area (TPSA) is 209 Å². The molecule has 0 saturated carbocycles. The number of methoxy groups -OCH3 is 2. The molecule has 0 aliphatic heterocycles. The molecule has 4 rings (SSSR count). The first kappa shape index (κ1) is 64.3. The average molecular weight is 1010 g/mol. The molecule has 72 heavy (non-hydrogen) atoms. The van der Waals surface area contributed by atoms with Crippen LogP contribution in [0.15, 0.2) is 97.1 Å². The molecule has 0 fully saturated rings. The van der Waals surface area contributed by atoms with E-state index in [0.29, 0.717) is 33.8 Å². The molecule has 3 unspecified atom stereocenters. The number of ketones is 1. The maximum atomic E-state index is 13.9. The van der Waals surface area contributed by atoms with Crippen molar-refractivity contribution in [2.45, 2.75) is 150 Å². The maximum absolute atomic E-state index is 13.9. The first-order valence-electron chi connectivity index (χ1n) is 23.0. The number of nitrogens with one attached hydrogen (secondary N) is 4. The number of aliphatic hydroxyl groups excluding tert-OH is 1. The van der Waals surface area contributed by atoms with Crippen LogP contribution in [0.2, 0.25) is 0 Å². The smallest absolute Gasteiger partial charge is 1.00 e. The fourth-order valence-electron chi connectivity index (χ4n) is 6.59. The summed E-state index contributed by atoms with van der Waals surface area (Å²) in [7, 11) is 3.09. The molecule has 4 aromatic carbocycles. The predicted octanol–water partition coefficient (Wildman–Crippen LogP) is 7.34. The number of benzene rings is 4. The molecule has 0 aliphatic carbocycles. The molecule has 3 radical (unpaired) electrons. The molecule has 0 aliphatic rings. The van der Waals surface area contributed by atoms with Crippen LogP contribution in [0.4, 0.5) is 19.2 Å². The number of hydrogen-bond donors (Lipinski definition) is 5. The summed E-state index contributed by atoms with van der Waals surface area (Å²) in [5, 5.41) is 22.5. The van der Waals surface area contributed by atoms with E-state index in [1.165, 1.54) is 7.11 Å². The Morgan fingerprint density at radius 1 is 0.431 bits per heavy atom. The summed E-state index contributed by atoms with van der Waals surface area (Å²) in [6.45, 7) is 24.8. The number of carbonyl (C=O) groups is 5. The van der Waals surface area contributed by atoms with Gasteiger partial charge in [0.1, 0.15) is 52.1 Å². The van der Waals surface area contributed by atoms with Gasteiger partial charge in [-0.1, -0.05) is 83.9 Å². The second kappa shape index (κ2) is 27.9. The number of aliphatic hydroxyl groups is 1. The zero-order valence-corrected chi connectivity index (χ0v) is 47.1. The number of aryl methyl sites for hydroxylation is 2. The zero-order chi connectivity index (χ0) is 52.8. The fourth-order valence-corrected chi connectivity index (χ4v) is 6.59. The van der Waals surface area contributed by atoms with Crippen LogP contribution in [0.3, 0.4) is 0 Å². The van der Waals surface area contributed by atoms with Gasteiger partial charge < -0.3 is 56.2 Å². The third kappa shape index (κ3) is 22.8. The van der Waals surface area contributed by atoms with Gasteiger partial charge in [-0.25, -0.2) is 19.2 Å². The molecule has 0 spiro atoms. The Balaban J connectivity index is 0.00000136. The minimum atomic E-state index is -1.27. The Kier molecular flexibility index (Phi) is 24.9. The quantitative estimate of drug-likeness (QED) is 0.0621. The summed E-state index contributed by atoms with van der Waals surface area (Å²) in [6.07, 6.45) is -4.16. The molecule has 5 atom stereocenters. The van der Waals surface area contributed by atoms with Crippen molar-refractivity contribution >= 4 is 38.6 Å². The number of alkyl carbamates (subject to hydrolysis) is 4. The molecule has 0 aromatic heterocycles. The van der Waals surface area contributed by atoms with Crippen LogP contribution in [0.1, 0.15) is 142 Å². The standard InChI is InChI=1S/C27H38N2O6.C27H36N2O6.B.Na.H/c2*1-17-9-11-18(12-10-17)21(28-24(31)34-26(2,3)4)23(30)22(29-25(32)35-27(5,6)7)19-13-15-20(33-8)16-14-19;;;/h9-16,21-23,30H,1-8H3,(H,28,31)(H,29,32);9-16,21-22H,1-8H3,(H,28,31)(H,29,32);;;/q;;;+1;-1/t21?,22-,23?;21?,22-;;;/m11.../s1. The van der Waals surface area contributed by atoms with Gasteiger partial charge in [0.2, 0.25) is 0 Å². The normalized spacial score (nSPS) is 13.4. The first-order chi connectivity index (χ1) is 32.4. The summed E-state index contributed by atoms with van der Waals surface area (Å²) < 4.78 is 32.1. The summed E-state index contributed by atoms with van der Waals surface area (Å²) in [6, 6.07) is 24.3. The van der Waals surface area contributed by atoms with Crippen molar-refractivity contribution in [2.75, 3.05) is 14.2 Å². The molecule has 5 N–H and O–H groups in total. The molecule has 16 nitrogen and oxygen atoms in total. The molecular weight excluding hydrogens is 930 g/mol. The second-order valence-electron chi connectivity index (χ2n) is 20.7. The van der Waals surface area contributed by atoms with Gasteiger partial charge in [-0.2, -0.15) is 0 Å². The van der Waals surface area contributed by atoms with Crippen LogP contribution < -0.4 is 60.3 Å². The van der Waals surface area contributed by atoms with E-state index < -0.39 is 82.8 Å². The number of ether oxygens (including phenoxy) is 6. The minimum absolute atomic E-state index is 0. The van der Waals surface area contributed by atoms with Crippen LogP contribution in [-0.2, 0) is 23.7 Å². The second-order valence-corrected chi connectivity index (χ2v) is 20.7. The van der Waals surface area contributed by atoms with Gasteiger partial charge in [0, 0.05) is 8.41 Å². The van der Waals surface area contributed by atoms with Crippen molar-refractivity contribution in [3.8, 4) is 11.5 Å². The summed E-state index contributed by atoms with van der Waals surface area (Å²) in [5.41, 5.74) is 1.36. The number of hydrogen-bond acceptors (Lipinski definition) is 12. The van der Waals surface area contributed by atoms with Gasteiger partial charge in [0.15, 0.2) is 5.78 Å². The fraction of sp³-hybridized carbons (Fsp3) is 0.463. The molecule has 387 valence electrons. The summed E-state index contributed by atoms with van der Waals surface area (Å²) in [4.78, 5) is 64.6. The summed E-state index contributed by atoms with van der Waals surface area (Å²) in [5.74, 6) is 0.760. The van der Waals surface area contributed by atoms with Crippen molar-refractivity contribution in [1.29, 1.82) is 0 Å². The van der Waals surface area contributed by atoms with Gasteiger partial charge in [0.05, 0.1) is 26.3 Å². The maximum Gasteiger partial charge on any atom is 1.00 e. The number of Topliss-reactive ketones (excluding diaryl/α,β-unsaturated/α-hetero) is 1. The number of amides is 4. The van der Waals surface area contributed by atoms with E-state index in [9.17, 15) is 29.1 Å². The van der Waals surface area contributed by atoms with Gasteiger partial charge in [0.25, 0.3) is 0 Å². The van der Waals surface area contributed by atoms with Crippen molar-refractivity contribution in [3.05, 3.63) is 130 Å². The van der Waals surface area contributed by atoms with Crippen molar-refractivity contribution in [3.63, 3.8) is 0 Å². The van der Waals surface area contributed by atoms with E-state index in [2.05, 4.69) is 21.3 Å². The van der Waals surface area contributed by atoms with E-state index in [4.69, 9.17) is 28.4 Å². The molecular formula is C54H75BN4NaO12. The first-order valence-corrected chi connectivity index (χ1v) is 23.0. The van der Waals surface area contributed by atoms with Crippen LogP contribution in [-0.4, -0.2) is 86.4 Å². The van der Waals surface area contributed by atoms with Crippen molar-refractivity contribution < 1.29 is 88.5 Å². The Hall–Kier alpha value is -5.75. The largest absolute Gasteiger partial charge is 1.00 e. The zero-order valence-electron chi connectivity index (χ0n) is 46.1. The molecule has 0 heterocycles. The van der Waals surface area contributed by atoms with Crippen LogP contribution >= 0.6 is 0 Å². The van der Waals surface area contributed by atoms with Gasteiger partial charge in [-0.3, -0.25) is 4.79 Å². The Labute approximate surface area is 451 Å². The molecule has 4 aromatic rings. The van der Waals surface area contributed by atoms with Gasteiger partial charge in [-0.05, 0) is 143 Å². The van der Waals surface area contributed by atoms with E-state index in [1.54, 1.807) is 151 Å². The van der Waals surface area contributed by atoms with Crippen molar-refractivity contribution in [1.82, 2.24) is 21.3 Å². The SMILES string of the molecule is COc1ccc([C@@H](NC(=O)OC(C)(C)C)C(=O)C(NC(=O)OC(C)(C)C)c2ccc(C)cc2)cc1.COc1ccc([C@@H](NC(=O)OC(C)(C)C)C(O)C(NC(=O)OC(C)(C)C)c2ccc(C)cc2)cc1.[B].[H-].[Na+]. The Bertz CT molecular complexity index is 2350. The van der Waals surface area contributed by atoms with E-state index in [0.717, 1.165) is 11.1 Å². The predicted molar refractivity (Wildman–Crippen MR) is 275 cm³/mol. The number of rotatable bonds is 14. The molecule has 0 saturated heterocycles. The van der Waals surface area contributed by atoms with Crippen LogP contribution in [0, 0.1) is 13.8 Å². The van der Waals surface area contributed by atoms with E-state index >= 15 is 0 Å². The third-order valence-electron chi connectivity index (χ3n) is 9.69. The van der Waals surface area contributed by atoms with E-state index in [1.807, 2.05) is 50.2 Å². The average Bonchev–Trinajstić information content (AvgIpc) is 3.24. The monoisotopic (exact) mass is 1010 g/mol. The van der Waals surface area contributed by atoms with Crippen LogP contribution in [0.5, 0.6) is 11.5 Å². The van der Waals surface area contributed by atoms with Crippen LogP contribution in [0.25, 0.3) is 0 Å². The molecule has 4 amide bonds. The number of carbonyl (C=O) groups excluding carboxylic acids is 5. The molecule has 18 heteroatoms. The van der Waals surface area contributed by atoms with Gasteiger partial charge in [-0.15, -0.1) is 0 Å². The summed E-state index contributed by atoms with van der Waals surface area (Å²) >= 11 is 0. The Morgan fingerprint density at radius 2 is 0.667 bits per heavy atom. The minimum Gasteiger partial charge on any atom is -1.00 e. The third-order valence-corrected chi connectivity index (χ3v) is 9.69. The van der Waals surface area contributed by atoms with Crippen molar-refractivity contribution in [2.24, 2.45) is 0 Å².